The van der Waals surface area contributed by atoms with E-state index in [1.54, 1.807) is 0 Å². The van der Waals surface area contributed by atoms with E-state index in [1.807, 2.05) is 18.2 Å². The summed E-state index contributed by atoms with van der Waals surface area (Å²) in [7, 11) is 0. The second-order valence-corrected chi connectivity index (χ2v) is 7.83. The molecule has 0 radical (unpaired) electrons. The third-order valence-electron chi connectivity index (χ3n) is 5.68. The lowest BCUT2D eigenvalue weighted by atomic mass is 9.96. The van der Waals surface area contributed by atoms with Crippen molar-refractivity contribution in [3.63, 3.8) is 0 Å². The average molecular weight is 479 g/mol. The van der Waals surface area contributed by atoms with Gasteiger partial charge in [0.15, 0.2) is 0 Å². The molecule has 9 heteroatoms. The van der Waals surface area contributed by atoms with Gasteiger partial charge in [-0.05, 0) is 61.1 Å². The molecular weight excluding hydrogens is 451 g/mol. The van der Waals surface area contributed by atoms with E-state index in [0.717, 1.165) is 51.1 Å². The third kappa shape index (κ3) is 6.19. The molecule has 0 unspecified atom stereocenters. The predicted octanol–water partition coefficient (Wildman–Crippen LogP) is 5.22. The largest absolute Gasteiger partial charge is 0.419 e. The van der Waals surface area contributed by atoms with Crippen LogP contribution in [0.2, 0.25) is 0 Å². The molecule has 1 fully saturated rings. The Morgan fingerprint density at radius 1 is 1.25 bits per heavy atom. The van der Waals surface area contributed by atoms with Crippen molar-refractivity contribution in [3.8, 4) is 12.0 Å². The number of nitriles is 1. The van der Waals surface area contributed by atoms with E-state index in [2.05, 4.69) is 34.6 Å². The third-order valence-corrected chi connectivity index (χ3v) is 5.68. The lowest BCUT2D eigenvalue weighted by Crippen LogP contribution is -2.33. The summed E-state index contributed by atoms with van der Waals surface area (Å²) in [5, 5.41) is 15.0. The van der Waals surface area contributed by atoms with Gasteiger partial charge in [-0.15, -0.1) is 24.8 Å². The smallest absolute Gasteiger partial charge is 0.414 e. The van der Waals surface area contributed by atoms with Gasteiger partial charge in [-0.1, -0.05) is 19.1 Å². The van der Waals surface area contributed by atoms with Crippen LogP contribution in [0.5, 0.6) is 5.95 Å². The first-order valence-corrected chi connectivity index (χ1v) is 10.4. The Kier molecular flexibility index (Phi) is 9.45. The van der Waals surface area contributed by atoms with Gasteiger partial charge in [0.05, 0.1) is 11.4 Å². The van der Waals surface area contributed by atoms with Crippen LogP contribution in [-0.2, 0) is 0 Å². The highest BCUT2D eigenvalue weighted by molar-refractivity contribution is 5.92. The molecule has 7 nitrogen and oxygen atoms in total. The lowest BCUT2D eigenvalue weighted by molar-refractivity contribution is 0.202. The molecule has 0 bridgehead atoms. The zero-order valence-corrected chi connectivity index (χ0v) is 19.6. The topological polar surface area (TPSA) is 90.5 Å². The van der Waals surface area contributed by atoms with E-state index in [-0.39, 0.29) is 36.5 Å². The molecule has 1 aromatic heterocycles. The Hall–Kier alpha value is -2.66. The maximum absolute atomic E-state index is 12.4. The lowest BCUT2D eigenvalue weighted by Gasteiger charge is -2.34. The molecule has 32 heavy (non-hydrogen) atoms. The van der Waals surface area contributed by atoms with Crippen LogP contribution in [0.1, 0.15) is 37.5 Å². The summed E-state index contributed by atoms with van der Waals surface area (Å²) in [4.78, 5) is 14.8. The number of piperidine rings is 1. The predicted molar refractivity (Wildman–Crippen MR) is 130 cm³/mol. The molecule has 0 aliphatic carbocycles. The molecule has 2 aliphatic heterocycles. The fourth-order valence-electron chi connectivity index (χ4n) is 3.89. The van der Waals surface area contributed by atoms with Gasteiger partial charge < -0.3 is 19.4 Å². The molecule has 0 atom stereocenters. The minimum Gasteiger partial charge on any atom is -0.414 e. The highest BCUT2D eigenvalue weighted by Crippen LogP contribution is 2.34. The molecule has 3 heterocycles. The van der Waals surface area contributed by atoms with Crippen LogP contribution in [0.25, 0.3) is 5.57 Å². The molecule has 0 saturated carbocycles. The highest BCUT2D eigenvalue weighted by Gasteiger charge is 2.21. The number of nitrogens with one attached hydrogen (secondary N) is 2. The quantitative estimate of drug-likeness (QED) is 0.625. The summed E-state index contributed by atoms with van der Waals surface area (Å²) in [6.45, 7) is 6.05. The summed E-state index contributed by atoms with van der Waals surface area (Å²) < 4.78 is 10.3. The first-order chi connectivity index (χ1) is 14.6. The first-order valence-electron chi connectivity index (χ1n) is 10.4. The number of amides is 1. The van der Waals surface area contributed by atoms with Crippen molar-refractivity contribution >= 4 is 47.9 Å². The number of carbonyl (C=O) groups excluding carboxylic acids is 1. The van der Waals surface area contributed by atoms with E-state index >= 15 is 0 Å². The first kappa shape index (κ1) is 25.6. The van der Waals surface area contributed by atoms with Crippen LogP contribution in [0.4, 0.5) is 16.2 Å². The maximum atomic E-state index is 12.4. The number of carbonyl (C=O) groups is 1. The number of hydrogen-bond donors (Lipinski definition) is 2. The normalized spacial score (nSPS) is 16.1. The SMILES string of the molecule is CC1CCN(c2cc(C3=CCNCC3)ccc2NC(=O)Oc2ccc(C#N)o2)CC1.Cl.Cl. The molecular formula is C23H28Cl2N4O3. The molecule has 4 rings (SSSR count). The standard InChI is InChI=1S/C23H26N4O3.2ClH/c1-16-8-12-27(13-9-16)21-14-18(17-6-10-25-11-7-17)2-4-20(21)26-23(28)30-22-5-3-19(15-24)29-22;;/h2-6,14,16,25H,7-13H2,1H3,(H,26,28);2*1H. The Morgan fingerprint density at radius 2 is 2.03 bits per heavy atom. The number of furan rings is 1. The van der Waals surface area contributed by atoms with Gasteiger partial charge in [0.2, 0.25) is 5.76 Å². The van der Waals surface area contributed by atoms with Crippen LogP contribution in [0.15, 0.2) is 40.8 Å². The van der Waals surface area contributed by atoms with Gasteiger partial charge in [0.1, 0.15) is 6.07 Å². The van der Waals surface area contributed by atoms with Crippen molar-refractivity contribution in [2.75, 3.05) is 36.4 Å². The fraction of sp³-hybridized carbons (Fsp3) is 0.391. The van der Waals surface area contributed by atoms with E-state index in [4.69, 9.17) is 14.4 Å². The molecule has 1 aromatic carbocycles. The molecule has 1 saturated heterocycles. The number of benzene rings is 1. The average Bonchev–Trinajstić information content (AvgIpc) is 3.22. The van der Waals surface area contributed by atoms with Crippen LogP contribution >= 0.6 is 24.8 Å². The molecule has 2 aromatic rings. The molecule has 2 N–H and O–H groups in total. The summed E-state index contributed by atoms with van der Waals surface area (Å²) in [5.41, 5.74) is 4.23. The molecule has 1 amide bonds. The second-order valence-electron chi connectivity index (χ2n) is 7.83. The minimum absolute atomic E-state index is 0. The maximum Gasteiger partial charge on any atom is 0.419 e. The van der Waals surface area contributed by atoms with Crippen molar-refractivity contribution in [1.29, 1.82) is 5.26 Å². The van der Waals surface area contributed by atoms with Crippen LogP contribution < -0.4 is 20.3 Å². The van der Waals surface area contributed by atoms with Gasteiger partial charge in [0, 0.05) is 25.7 Å². The van der Waals surface area contributed by atoms with Crippen molar-refractivity contribution < 1.29 is 13.9 Å². The van der Waals surface area contributed by atoms with E-state index < -0.39 is 6.09 Å². The van der Waals surface area contributed by atoms with E-state index in [1.165, 1.54) is 23.3 Å². The Bertz CT molecular complexity index is 991. The van der Waals surface area contributed by atoms with Crippen LogP contribution in [0.3, 0.4) is 0 Å². The number of rotatable bonds is 4. The minimum atomic E-state index is -0.644. The number of ether oxygens (including phenoxy) is 1. The summed E-state index contributed by atoms with van der Waals surface area (Å²) in [5.74, 6) is 0.806. The number of halogens is 2. The summed E-state index contributed by atoms with van der Waals surface area (Å²) >= 11 is 0. The van der Waals surface area contributed by atoms with Crippen molar-refractivity contribution in [2.24, 2.45) is 5.92 Å². The van der Waals surface area contributed by atoms with Crippen LogP contribution in [-0.4, -0.2) is 32.3 Å². The number of nitrogens with zero attached hydrogens (tertiary/aromatic N) is 2. The molecule has 172 valence electrons. The summed E-state index contributed by atoms with van der Waals surface area (Å²) in [6.07, 6.45) is 4.83. The van der Waals surface area contributed by atoms with Crippen molar-refractivity contribution in [1.82, 2.24) is 5.32 Å². The monoisotopic (exact) mass is 478 g/mol. The van der Waals surface area contributed by atoms with Gasteiger partial charge in [-0.2, -0.15) is 5.26 Å². The van der Waals surface area contributed by atoms with Crippen molar-refractivity contribution in [2.45, 2.75) is 26.2 Å². The van der Waals surface area contributed by atoms with E-state index in [0.29, 0.717) is 11.6 Å². The fourth-order valence-corrected chi connectivity index (χ4v) is 3.89. The van der Waals surface area contributed by atoms with E-state index in [9.17, 15) is 4.79 Å². The number of anilines is 2. The van der Waals surface area contributed by atoms with Crippen LogP contribution in [0, 0.1) is 17.2 Å². The van der Waals surface area contributed by atoms with Gasteiger partial charge in [-0.3, -0.25) is 5.32 Å². The van der Waals surface area contributed by atoms with Crippen molar-refractivity contribution in [3.05, 3.63) is 47.7 Å². The van der Waals surface area contributed by atoms with Gasteiger partial charge >= 0.3 is 6.09 Å². The molecule has 0 spiro atoms. The highest BCUT2D eigenvalue weighted by atomic mass is 35.5. The zero-order chi connectivity index (χ0) is 20.9. The van der Waals surface area contributed by atoms with Gasteiger partial charge in [-0.25, -0.2) is 4.79 Å². The summed E-state index contributed by atoms with van der Waals surface area (Å²) in [6, 6.07) is 10.9. The Labute approximate surface area is 200 Å². The number of hydrogen-bond acceptors (Lipinski definition) is 6. The zero-order valence-electron chi connectivity index (χ0n) is 17.9. The Balaban J connectivity index is 0.00000181. The molecule has 2 aliphatic rings. The Morgan fingerprint density at radius 3 is 2.69 bits per heavy atom. The second kappa shape index (κ2) is 11.8. The van der Waals surface area contributed by atoms with Gasteiger partial charge in [0.25, 0.3) is 5.95 Å².